The third kappa shape index (κ3) is 4.21. The van der Waals surface area contributed by atoms with Crippen LogP contribution in [0.1, 0.15) is 30.9 Å². The van der Waals surface area contributed by atoms with Gasteiger partial charge in [-0.15, -0.1) is 12.4 Å². The van der Waals surface area contributed by atoms with E-state index in [1.165, 1.54) is 0 Å². The third-order valence-electron chi connectivity index (χ3n) is 3.29. The SMILES string of the molecule is Cl.NC(C(=O)NC1CCCCNC1=O)c1ccccc1. The number of nitrogens with two attached hydrogens (primary N) is 1. The van der Waals surface area contributed by atoms with Gasteiger partial charge in [0.2, 0.25) is 11.8 Å². The second-order valence-electron chi connectivity index (χ2n) is 4.74. The van der Waals surface area contributed by atoms with Crippen LogP contribution in [0.5, 0.6) is 0 Å². The molecule has 5 nitrogen and oxygen atoms in total. The lowest BCUT2D eigenvalue weighted by molar-refractivity contribution is -0.129. The lowest BCUT2D eigenvalue weighted by atomic mass is 10.1. The van der Waals surface area contributed by atoms with Gasteiger partial charge in [0.15, 0.2) is 0 Å². The van der Waals surface area contributed by atoms with Crippen LogP contribution < -0.4 is 16.4 Å². The van der Waals surface area contributed by atoms with E-state index >= 15 is 0 Å². The third-order valence-corrected chi connectivity index (χ3v) is 3.29. The van der Waals surface area contributed by atoms with E-state index in [2.05, 4.69) is 10.6 Å². The summed E-state index contributed by atoms with van der Waals surface area (Å²) in [6.07, 6.45) is 2.53. The maximum atomic E-state index is 12.1. The van der Waals surface area contributed by atoms with E-state index in [9.17, 15) is 9.59 Å². The van der Waals surface area contributed by atoms with Crippen LogP contribution in [0.2, 0.25) is 0 Å². The predicted molar refractivity (Wildman–Crippen MR) is 79.4 cm³/mol. The molecule has 2 unspecified atom stereocenters. The minimum absolute atomic E-state index is 0. The fourth-order valence-electron chi connectivity index (χ4n) is 2.15. The molecule has 4 N–H and O–H groups in total. The highest BCUT2D eigenvalue weighted by molar-refractivity contribution is 5.90. The first-order valence-electron chi connectivity index (χ1n) is 6.57. The lowest BCUT2D eigenvalue weighted by Crippen LogP contribution is -2.48. The number of halogens is 1. The van der Waals surface area contributed by atoms with Crippen molar-refractivity contribution in [3.05, 3.63) is 35.9 Å². The highest BCUT2D eigenvalue weighted by Crippen LogP contribution is 2.11. The first kappa shape index (κ1) is 16.5. The smallest absolute Gasteiger partial charge is 0.242 e. The van der Waals surface area contributed by atoms with Crippen molar-refractivity contribution in [2.45, 2.75) is 31.3 Å². The van der Waals surface area contributed by atoms with Crippen molar-refractivity contribution in [1.82, 2.24) is 10.6 Å². The number of hydrogen-bond acceptors (Lipinski definition) is 3. The van der Waals surface area contributed by atoms with E-state index in [1.807, 2.05) is 18.2 Å². The molecule has 1 aliphatic heterocycles. The summed E-state index contributed by atoms with van der Waals surface area (Å²) >= 11 is 0. The zero-order chi connectivity index (χ0) is 13.7. The molecule has 20 heavy (non-hydrogen) atoms. The van der Waals surface area contributed by atoms with Crippen LogP contribution in [0.4, 0.5) is 0 Å². The highest BCUT2D eigenvalue weighted by Gasteiger charge is 2.25. The van der Waals surface area contributed by atoms with Gasteiger partial charge >= 0.3 is 0 Å². The zero-order valence-corrected chi connectivity index (χ0v) is 12.0. The molecule has 0 aliphatic carbocycles. The van der Waals surface area contributed by atoms with Crippen LogP contribution in [0, 0.1) is 0 Å². The summed E-state index contributed by atoms with van der Waals surface area (Å²) in [6.45, 7) is 0.677. The number of nitrogens with one attached hydrogen (secondary N) is 2. The van der Waals surface area contributed by atoms with Crippen LogP contribution in [0.15, 0.2) is 30.3 Å². The second kappa shape index (κ2) is 7.87. The van der Waals surface area contributed by atoms with Gasteiger partial charge in [-0.3, -0.25) is 9.59 Å². The van der Waals surface area contributed by atoms with E-state index < -0.39 is 12.1 Å². The Hall–Kier alpha value is -1.59. The number of carbonyl (C=O) groups is 2. The summed E-state index contributed by atoms with van der Waals surface area (Å²) in [5.74, 6) is -0.431. The first-order valence-corrected chi connectivity index (χ1v) is 6.57. The van der Waals surface area contributed by atoms with Crippen molar-refractivity contribution >= 4 is 24.2 Å². The molecule has 0 saturated carbocycles. The zero-order valence-electron chi connectivity index (χ0n) is 11.2. The minimum atomic E-state index is -0.739. The molecule has 2 amide bonds. The Balaban J connectivity index is 0.00000200. The molecule has 1 heterocycles. The molecule has 0 bridgehead atoms. The van der Waals surface area contributed by atoms with Gasteiger partial charge in [0.05, 0.1) is 0 Å². The van der Waals surface area contributed by atoms with E-state index in [4.69, 9.17) is 5.73 Å². The van der Waals surface area contributed by atoms with E-state index in [0.717, 1.165) is 18.4 Å². The molecule has 6 heteroatoms. The molecule has 0 radical (unpaired) electrons. The van der Waals surface area contributed by atoms with Gasteiger partial charge in [-0.25, -0.2) is 0 Å². The molecule has 0 spiro atoms. The topological polar surface area (TPSA) is 84.2 Å². The van der Waals surface area contributed by atoms with Crippen molar-refractivity contribution in [3.8, 4) is 0 Å². The Labute approximate surface area is 124 Å². The minimum Gasteiger partial charge on any atom is -0.354 e. The normalized spacial score (nSPS) is 20.1. The predicted octanol–water partition coefficient (Wildman–Crippen LogP) is 0.893. The molecule has 1 fully saturated rings. The Morgan fingerprint density at radius 3 is 2.70 bits per heavy atom. The summed E-state index contributed by atoms with van der Waals surface area (Å²) in [5, 5.41) is 5.52. The first-order chi connectivity index (χ1) is 9.18. The molecule has 2 rings (SSSR count). The van der Waals surface area contributed by atoms with Crippen molar-refractivity contribution in [2.24, 2.45) is 5.73 Å². The van der Waals surface area contributed by atoms with Gasteiger partial charge in [-0.2, -0.15) is 0 Å². The molecular weight excluding hydrogens is 278 g/mol. The van der Waals surface area contributed by atoms with E-state index in [-0.39, 0.29) is 24.2 Å². The van der Waals surface area contributed by atoms with Crippen LogP contribution in [-0.4, -0.2) is 24.4 Å². The fourth-order valence-corrected chi connectivity index (χ4v) is 2.15. The summed E-state index contributed by atoms with van der Waals surface area (Å²) in [7, 11) is 0. The van der Waals surface area contributed by atoms with Gasteiger partial charge in [-0.05, 0) is 24.8 Å². The maximum absolute atomic E-state index is 12.1. The van der Waals surface area contributed by atoms with E-state index in [0.29, 0.717) is 13.0 Å². The highest BCUT2D eigenvalue weighted by atomic mass is 35.5. The van der Waals surface area contributed by atoms with Crippen LogP contribution in [0.25, 0.3) is 0 Å². The molecule has 1 saturated heterocycles. The number of benzene rings is 1. The number of carbonyl (C=O) groups excluding carboxylic acids is 2. The summed E-state index contributed by atoms with van der Waals surface area (Å²) in [4.78, 5) is 23.8. The van der Waals surface area contributed by atoms with Crippen LogP contribution in [-0.2, 0) is 9.59 Å². The fraction of sp³-hybridized carbons (Fsp3) is 0.429. The molecule has 0 aromatic heterocycles. The maximum Gasteiger partial charge on any atom is 0.242 e. The standard InChI is InChI=1S/C14H19N3O2.ClH/c15-12(10-6-2-1-3-7-10)14(19)17-11-8-4-5-9-16-13(11)18;/h1-3,6-7,11-12H,4-5,8-9,15H2,(H,16,18)(H,17,19);1H. The Morgan fingerprint density at radius 1 is 1.30 bits per heavy atom. The number of amides is 2. The average Bonchev–Trinajstić information content (AvgIpc) is 2.64. The van der Waals surface area contributed by atoms with E-state index in [1.54, 1.807) is 12.1 Å². The molecule has 1 aromatic rings. The van der Waals surface area contributed by atoms with Gasteiger partial charge in [0, 0.05) is 6.54 Å². The average molecular weight is 298 g/mol. The quantitative estimate of drug-likeness (QED) is 0.775. The second-order valence-corrected chi connectivity index (χ2v) is 4.74. The van der Waals surface area contributed by atoms with Gasteiger partial charge in [-0.1, -0.05) is 30.3 Å². The molecule has 110 valence electrons. The van der Waals surface area contributed by atoms with Crippen molar-refractivity contribution in [3.63, 3.8) is 0 Å². The Morgan fingerprint density at radius 2 is 2.00 bits per heavy atom. The van der Waals surface area contributed by atoms with Gasteiger partial charge < -0.3 is 16.4 Å². The van der Waals surface area contributed by atoms with Crippen molar-refractivity contribution < 1.29 is 9.59 Å². The van der Waals surface area contributed by atoms with Crippen LogP contribution >= 0.6 is 12.4 Å². The summed E-state index contributed by atoms with van der Waals surface area (Å²) in [5.41, 5.74) is 6.64. The van der Waals surface area contributed by atoms with Crippen molar-refractivity contribution in [2.75, 3.05) is 6.54 Å². The monoisotopic (exact) mass is 297 g/mol. The Kier molecular flexibility index (Phi) is 6.48. The van der Waals surface area contributed by atoms with Gasteiger partial charge in [0.25, 0.3) is 0 Å². The molecular formula is C14H20ClN3O2. The van der Waals surface area contributed by atoms with Gasteiger partial charge in [0.1, 0.15) is 12.1 Å². The summed E-state index contributed by atoms with van der Waals surface area (Å²) in [6, 6.07) is 7.94. The molecule has 2 atom stereocenters. The van der Waals surface area contributed by atoms with Crippen molar-refractivity contribution in [1.29, 1.82) is 0 Å². The largest absolute Gasteiger partial charge is 0.354 e. The molecule has 1 aliphatic rings. The Bertz CT molecular complexity index is 453. The number of hydrogen-bond donors (Lipinski definition) is 3. The van der Waals surface area contributed by atoms with Crippen LogP contribution in [0.3, 0.4) is 0 Å². The summed E-state index contributed by atoms with van der Waals surface area (Å²) < 4.78 is 0. The lowest BCUT2D eigenvalue weighted by Gasteiger charge is -2.18. The molecule has 1 aromatic carbocycles. The number of rotatable bonds is 3.